The van der Waals surface area contributed by atoms with Gasteiger partial charge in [-0.2, -0.15) is 11.3 Å². The second-order valence-corrected chi connectivity index (χ2v) is 9.09. The molecule has 1 aliphatic heterocycles. The number of rotatable bonds is 6. The van der Waals surface area contributed by atoms with Crippen molar-refractivity contribution in [1.82, 2.24) is 15.2 Å². The SMILES string of the molecule is O=C(NCCc1csc(C2CCN(C(=O)c3ccsc3)CC2)n1)C1CCC1. The molecule has 0 bridgehead atoms. The van der Waals surface area contributed by atoms with Gasteiger partial charge in [0.15, 0.2) is 0 Å². The number of thiophene rings is 1. The van der Waals surface area contributed by atoms with Crippen molar-refractivity contribution in [2.45, 2.75) is 44.4 Å². The normalized spacial score (nSPS) is 18.3. The van der Waals surface area contributed by atoms with Crippen molar-refractivity contribution in [1.29, 1.82) is 0 Å². The third kappa shape index (κ3) is 4.41. The fraction of sp³-hybridized carbons (Fsp3) is 0.550. The molecule has 1 aliphatic carbocycles. The van der Waals surface area contributed by atoms with Crippen LogP contribution in [-0.2, 0) is 11.2 Å². The van der Waals surface area contributed by atoms with E-state index in [0.29, 0.717) is 12.5 Å². The number of piperidine rings is 1. The zero-order valence-electron chi connectivity index (χ0n) is 15.4. The Morgan fingerprint density at radius 1 is 1.19 bits per heavy atom. The number of carbonyl (C=O) groups excluding carboxylic acids is 2. The number of likely N-dealkylation sites (tertiary alicyclic amines) is 1. The molecule has 144 valence electrons. The van der Waals surface area contributed by atoms with E-state index in [2.05, 4.69) is 10.7 Å². The summed E-state index contributed by atoms with van der Waals surface area (Å²) in [6, 6.07) is 1.90. The van der Waals surface area contributed by atoms with Crippen molar-refractivity contribution in [3.05, 3.63) is 38.5 Å². The average Bonchev–Trinajstić information content (AvgIpc) is 3.32. The Balaban J connectivity index is 1.23. The Bertz CT molecular complexity index is 775. The number of thiazole rings is 1. The van der Waals surface area contributed by atoms with E-state index in [9.17, 15) is 9.59 Å². The highest BCUT2D eigenvalue weighted by molar-refractivity contribution is 7.09. The first-order valence-corrected chi connectivity index (χ1v) is 11.6. The molecule has 7 heteroatoms. The number of nitrogens with one attached hydrogen (secondary N) is 1. The summed E-state index contributed by atoms with van der Waals surface area (Å²) < 4.78 is 0. The molecular formula is C20H25N3O2S2. The van der Waals surface area contributed by atoms with Crippen LogP contribution in [0.1, 0.15) is 59.1 Å². The summed E-state index contributed by atoms with van der Waals surface area (Å²) in [7, 11) is 0. The maximum Gasteiger partial charge on any atom is 0.254 e. The minimum absolute atomic E-state index is 0.150. The molecule has 2 fully saturated rings. The molecule has 0 spiro atoms. The lowest BCUT2D eigenvalue weighted by atomic mass is 9.85. The van der Waals surface area contributed by atoms with Crippen LogP contribution in [0.25, 0.3) is 0 Å². The lowest BCUT2D eigenvalue weighted by Gasteiger charge is -2.31. The number of carbonyl (C=O) groups is 2. The van der Waals surface area contributed by atoms with E-state index < -0.39 is 0 Å². The molecule has 0 aromatic carbocycles. The monoisotopic (exact) mass is 403 g/mol. The van der Waals surface area contributed by atoms with E-state index in [1.54, 1.807) is 22.7 Å². The third-order valence-electron chi connectivity index (χ3n) is 5.63. The smallest absolute Gasteiger partial charge is 0.254 e. The molecule has 1 N–H and O–H groups in total. The first kappa shape index (κ1) is 18.6. The Labute approximate surface area is 167 Å². The summed E-state index contributed by atoms with van der Waals surface area (Å²) in [5.74, 6) is 1.05. The predicted octanol–water partition coefficient (Wildman–Crippen LogP) is 3.68. The maximum atomic E-state index is 12.4. The standard InChI is InChI=1S/C20H25N3O2S2/c24-18(14-2-1-3-14)21-8-4-17-13-27-19(22-17)15-5-9-23(10-6-15)20(25)16-7-11-26-12-16/h7,11-15H,1-6,8-10H2,(H,21,24). The molecule has 5 nitrogen and oxygen atoms in total. The van der Waals surface area contributed by atoms with Gasteiger partial charge in [0.05, 0.1) is 16.3 Å². The molecule has 2 aromatic heterocycles. The van der Waals surface area contributed by atoms with E-state index in [1.165, 1.54) is 11.4 Å². The van der Waals surface area contributed by atoms with E-state index >= 15 is 0 Å². The van der Waals surface area contributed by atoms with Gasteiger partial charge >= 0.3 is 0 Å². The van der Waals surface area contributed by atoms with Gasteiger partial charge in [0, 0.05) is 48.7 Å². The molecule has 2 aliphatic rings. The zero-order valence-corrected chi connectivity index (χ0v) is 17.0. The van der Waals surface area contributed by atoms with Gasteiger partial charge in [-0.1, -0.05) is 6.42 Å². The quantitative estimate of drug-likeness (QED) is 0.800. The van der Waals surface area contributed by atoms with E-state index in [4.69, 9.17) is 4.98 Å². The minimum Gasteiger partial charge on any atom is -0.355 e. The molecule has 0 atom stereocenters. The van der Waals surface area contributed by atoms with E-state index in [1.807, 2.05) is 21.7 Å². The van der Waals surface area contributed by atoms with Crippen molar-refractivity contribution in [2.75, 3.05) is 19.6 Å². The Kier molecular flexibility index (Phi) is 5.88. The molecular weight excluding hydrogens is 378 g/mol. The topological polar surface area (TPSA) is 62.3 Å². The van der Waals surface area contributed by atoms with Gasteiger partial charge in [0.25, 0.3) is 5.91 Å². The van der Waals surface area contributed by atoms with Gasteiger partial charge in [-0.15, -0.1) is 11.3 Å². The summed E-state index contributed by atoms with van der Waals surface area (Å²) in [5, 5.41) is 10.2. The summed E-state index contributed by atoms with van der Waals surface area (Å²) in [4.78, 5) is 31.1. The van der Waals surface area contributed by atoms with Crippen LogP contribution in [0.3, 0.4) is 0 Å². The number of aromatic nitrogens is 1. The Morgan fingerprint density at radius 2 is 2.00 bits per heavy atom. The van der Waals surface area contributed by atoms with Gasteiger partial charge < -0.3 is 10.2 Å². The van der Waals surface area contributed by atoms with Gasteiger partial charge in [-0.05, 0) is 37.1 Å². The third-order valence-corrected chi connectivity index (χ3v) is 7.36. The van der Waals surface area contributed by atoms with Crippen LogP contribution in [0.15, 0.2) is 22.2 Å². The van der Waals surface area contributed by atoms with E-state index in [-0.39, 0.29) is 17.7 Å². The van der Waals surface area contributed by atoms with Crippen molar-refractivity contribution in [3.63, 3.8) is 0 Å². The van der Waals surface area contributed by atoms with Crippen LogP contribution in [0.2, 0.25) is 0 Å². The maximum absolute atomic E-state index is 12.4. The van der Waals surface area contributed by atoms with E-state index in [0.717, 1.165) is 56.5 Å². The van der Waals surface area contributed by atoms with Crippen LogP contribution in [0.5, 0.6) is 0 Å². The molecule has 27 heavy (non-hydrogen) atoms. The second kappa shape index (κ2) is 8.52. The van der Waals surface area contributed by atoms with Gasteiger partial charge in [0.1, 0.15) is 0 Å². The van der Waals surface area contributed by atoms with Crippen LogP contribution in [-0.4, -0.2) is 41.3 Å². The molecule has 1 saturated heterocycles. The van der Waals surface area contributed by atoms with Crippen molar-refractivity contribution in [2.24, 2.45) is 5.92 Å². The van der Waals surface area contributed by atoms with Crippen molar-refractivity contribution < 1.29 is 9.59 Å². The van der Waals surface area contributed by atoms with Crippen LogP contribution >= 0.6 is 22.7 Å². The fourth-order valence-corrected chi connectivity index (χ4v) is 5.31. The summed E-state index contributed by atoms with van der Waals surface area (Å²) in [6.07, 6.45) is 6.01. The zero-order chi connectivity index (χ0) is 18.6. The van der Waals surface area contributed by atoms with Gasteiger partial charge in [-0.3, -0.25) is 9.59 Å². The average molecular weight is 404 g/mol. The highest BCUT2D eigenvalue weighted by Gasteiger charge is 2.27. The van der Waals surface area contributed by atoms with Crippen molar-refractivity contribution in [3.8, 4) is 0 Å². The highest BCUT2D eigenvalue weighted by atomic mass is 32.1. The molecule has 4 rings (SSSR count). The highest BCUT2D eigenvalue weighted by Crippen LogP contribution is 2.31. The van der Waals surface area contributed by atoms with Crippen molar-refractivity contribution >= 4 is 34.5 Å². The number of amides is 2. The first-order chi connectivity index (χ1) is 13.2. The number of hydrogen-bond donors (Lipinski definition) is 1. The lowest BCUT2D eigenvalue weighted by Crippen LogP contribution is -2.37. The number of nitrogens with zero attached hydrogens (tertiary/aromatic N) is 2. The molecule has 2 aromatic rings. The molecule has 3 heterocycles. The largest absolute Gasteiger partial charge is 0.355 e. The lowest BCUT2D eigenvalue weighted by molar-refractivity contribution is -0.127. The second-order valence-electron chi connectivity index (χ2n) is 7.42. The molecule has 1 saturated carbocycles. The Hall–Kier alpha value is -1.73. The van der Waals surface area contributed by atoms with Gasteiger partial charge in [0.2, 0.25) is 5.91 Å². The molecule has 0 radical (unpaired) electrons. The Morgan fingerprint density at radius 3 is 2.67 bits per heavy atom. The minimum atomic E-state index is 0.150. The summed E-state index contributed by atoms with van der Waals surface area (Å²) in [5.41, 5.74) is 1.87. The summed E-state index contributed by atoms with van der Waals surface area (Å²) in [6.45, 7) is 2.27. The number of hydrogen-bond acceptors (Lipinski definition) is 5. The van der Waals surface area contributed by atoms with Crippen LogP contribution < -0.4 is 5.32 Å². The predicted molar refractivity (Wildman–Crippen MR) is 108 cm³/mol. The fourth-order valence-electron chi connectivity index (χ4n) is 3.65. The summed E-state index contributed by atoms with van der Waals surface area (Å²) >= 11 is 3.28. The molecule has 2 amide bonds. The van der Waals surface area contributed by atoms with Gasteiger partial charge in [-0.25, -0.2) is 4.98 Å². The van der Waals surface area contributed by atoms with Crippen LogP contribution in [0.4, 0.5) is 0 Å². The van der Waals surface area contributed by atoms with Crippen LogP contribution in [0, 0.1) is 5.92 Å². The molecule has 0 unspecified atom stereocenters. The first-order valence-electron chi connectivity index (χ1n) is 9.74.